The Morgan fingerprint density at radius 3 is 2.33 bits per heavy atom. The Morgan fingerprint density at radius 1 is 1.50 bits per heavy atom. The fraction of sp³-hybridized carbons (Fsp3) is 0.625. The van der Waals surface area contributed by atoms with Crippen molar-refractivity contribution in [3.8, 4) is 0 Å². The summed E-state index contributed by atoms with van der Waals surface area (Å²) in [6.45, 7) is 5.16. The largest absolute Gasteiger partial charge is 0.509 e. The predicted molar refractivity (Wildman–Crippen MR) is 44.1 cm³/mol. The first kappa shape index (κ1) is 11.0. The van der Waals surface area contributed by atoms with Crippen molar-refractivity contribution in [2.45, 2.75) is 26.9 Å². The normalized spacial score (nSPS) is 15.2. The molecule has 0 radical (unpaired) electrons. The second kappa shape index (κ2) is 4.77. The van der Waals surface area contributed by atoms with Crippen molar-refractivity contribution in [2.24, 2.45) is 0 Å². The smallest absolute Gasteiger partial charge is 0.334 e. The quantitative estimate of drug-likeness (QED) is 0.498. The average Bonchev–Trinajstić information content (AvgIpc) is 2.02. The fourth-order valence-electron chi connectivity index (χ4n) is 0.743. The summed E-state index contributed by atoms with van der Waals surface area (Å²) < 4.78 is 5.00. The molecule has 4 heteroatoms. The number of ether oxygens (including phenoxy) is 1. The van der Waals surface area contributed by atoms with E-state index in [1.165, 1.54) is 6.92 Å². The molecule has 12 heavy (non-hydrogen) atoms. The molecule has 0 heterocycles. The second-order valence-corrected chi connectivity index (χ2v) is 2.41. The highest BCUT2D eigenvalue weighted by molar-refractivity contribution is 5.86. The number of aliphatic hydroxyl groups is 1. The molecule has 0 rings (SSSR count). The molecule has 0 aromatic carbocycles. The molecule has 2 N–H and O–H groups in total. The molecule has 0 spiro atoms. The highest BCUT2D eigenvalue weighted by Gasteiger charge is 2.14. The molecule has 0 amide bonds. The highest BCUT2D eigenvalue weighted by atomic mass is 16.5. The van der Waals surface area contributed by atoms with Crippen molar-refractivity contribution in [2.75, 3.05) is 6.61 Å². The maximum absolute atomic E-state index is 10.4. The van der Waals surface area contributed by atoms with E-state index in [-0.39, 0.29) is 11.3 Å². The van der Waals surface area contributed by atoms with Gasteiger partial charge in [0, 0.05) is 6.61 Å². The fourth-order valence-corrected chi connectivity index (χ4v) is 0.743. The Morgan fingerprint density at radius 2 is 2.00 bits per heavy atom. The van der Waals surface area contributed by atoms with Crippen LogP contribution in [-0.4, -0.2) is 28.9 Å². The summed E-state index contributed by atoms with van der Waals surface area (Å²) in [6.07, 6.45) is -0.550. The van der Waals surface area contributed by atoms with Crippen LogP contribution in [-0.2, 0) is 9.53 Å². The van der Waals surface area contributed by atoms with Gasteiger partial charge in [0.2, 0.25) is 0 Å². The maximum Gasteiger partial charge on any atom is 0.334 e. The Kier molecular flexibility index (Phi) is 4.36. The van der Waals surface area contributed by atoms with Crippen molar-refractivity contribution in [3.05, 3.63) is 11.3 Å². The highest BCUT2D eigenvalue weighted by Crippen LogP contribution is 2.08. The zero-order valence-corrected chi connectivity index (χ0v) is 7.50. The molecule has 1 atom stereocenters. The van der Waals surface area contributed by atoms with Crippen LogP contribution in [0.5, 0.6) is 0 Å². The van der Waals surface area contributed by atoms with Gasteiger partial charge in [0.25, 0.3) is 0 Å². The van der Waals surface area contributed by atoms with E-state index in [0.717, 1.165) is 0 Å². The SMILES string of the molecule is CCOC(C)C(O)=C(C)C(=O)O. The zero-order valence-electron chi connectivity index (χ0n) is 7.50. The number of carboxylic acid groups (broad SMARTS) is 1. The number of aliphatic hydroxyl groups excluding tert-OH is 1. The van der Waals surface area contributed by atoms with Gasteiger partial charge in [-0.3, -0.25) is 0 Å². The van der Waals surface area contributed by atoms with Gasteiger partial charge in [-0.1, -0.05) is 0 Å². The molecule has 0 aromatic rings. The van der Waals surface area contributed by atoms with Gasteiger partial charge in [0.1, 0.15) is 11.9 Å². The minimum atomic E-state index is -1.13. The van der Waals surface area contributed by atoms with Crippen LogP contribution >= 0.6 is 0 Å². The predicted octanol–water partition coefficient (Wildman–Crippen LogP) is 1.33. The lowest BCUT2D eigenvalue weighted by Crippen LogP contribution is -2.15. The van der Waals surface area contributed by atoms with Crippen LogP contribution in [0.3, 0.4) is 0 Å². The number of carbonyl (C=O) groups is 1. The van der Waals surface area contributed by atoms with Crippen LogP contribution in [0.4, 0.5) is 0 Å². The lowest BCUT2D eigenvalue weighted by Gasteiger charge is -2.11. The van der Waals surface area contributed by atoms with Gasteiger partial charge >= 0.3 is 5.97 Å². The van der Waals surface area contributed by atoms with Gasteiger partial charge < -0.3 is 14.9 Å². The topological polar surface area (TPSA) is 66.8 Å². The van der Waals surface area contributed by atoms with Crippen molar-refractivity contribution in [1.82, 2.24) is 0 Å². The standard InChI is InChI=1S/C8H14O4/c1-4-12-6(3)7(9)5(2)8(10)11/h6,9H,4H2,1-3H3,(H,10,11). The lowest BCUT2D eigenvalue weighted by atomic mass is 10.2. The second-order valence-electron chi connectivity index (χ2n) is 2.41. The van der Waals surface area contributed by atoms with Crippen LogP contribution in [0, 0.1) is 0 Å². The third-order valence-electron chi connectivity index (χ3n) is 1.51. The van der Waals surface area contributed by atoms with Gasteiger partial charge in [-0.25, -0.2) is 4.79 Å². The van der Waals surface area contributed by atoms with Crippen LogP contribution < -0.4 is 0 Å². The summed E-state index contributed by atoms with van der Waals surface area (Å²) in [5.74, 6) is -1.34. The van der Waals surface area contributed by atoms with Crippen molar-refractivity contribution in [1.29, 1.82) is 0 Å². The minimum Gasteiger partial charge on any atom is -0.509 e. The number of aliphatic carboxylic acids is 1. The third kappa shape index (κ3) is 2.92. The molecule has 0 bridgehead atoms. The molecule has 0 saturated carbocycles. The Hall–Kier alpha value is -1.03. The van der Waals surface area contributed by atoms with E-state index in [4.69, 9.17) is 9.84 Å². The van der Waals surface area contributed by atoms with Gasteiger partial charge in [0.15, 0.2) is 0 Å². The third-order valence-corrected chi connectivity index (χ3v) is 1.51. The lowest BCUT2D eigenvalue weighted by molar-refractivity contribution is -0.133. The molecular formula is C8H14O4. The van der Waals surface area contributed by atoms with Crippen LogP contribution in [0.2, 0.25) is 0 Å². The first-order valence-corrected chi connectivity index (χ1v) is 3.75. The summed E-state index contributed by atoms with van der Waals surface area (Å²) in [6, 6.07) is 0. The summed E-state index contributed by atoms with van der Waals surface area (Å²) in [5, 5.41) is 17.8. The van der Waals surface area contributed by atoms with Crippen LogP contribution in [0.1, 0.15) is 20.8 Å². The first-order chi connectivity index (χ1) is 5.50. The molecular weight excluding hydrogens is 160 g/mol. The summed E-state index contributed by atoms with van der Waals surface area (Å²) >= 11 is 0. The summed E-state index contributed by atoms with van der Waals surface area (Å²) in [5.41, 5.74) is -0.0732. The van der Waals surface area contributed by atoms with Crippen molar-refractivity contribution >= 4 is 5.97 Å². The molecule has 0 fully saturated rings. The minimum absolute atomic E-state index is 0.0732. The average molecular weight is 174 g/mol. The van der Waals surface area contributed by atoms with E-state index in [9.17, 15) is 9.90 Å². The molecule has 70 valence electrons. The Bertz CT molecular complexity index is 195. The number of carboxylic acids is 1. The van der Waals surface area contributed by atoms with Crippen LogP contribution in [0.15, 0.2) is 11.3 Å². The number of hydrogen-bond donors (Lipinski definition) is 2. The summed E-state index contributed by atoms with van der Waals surface area (Å²) in [7, 11) is 0. The van der Waals surface area contributed by atoms with E-state index < -0.39 is 12.1 Å². The zero-order chi connectivity index (χ0) is 9.72. The molecule has 4 nitrogen and oxygen atoms in total. The number of rotatable bonds is 4. The van der Waals surface area contributed by atoms with Crippen LogP contribution in [0.25, 0.3) is 0 Å². The Labute approximate surface area is 71.5 Å². The maximum atomic E-state index is 10.4. The van der Waals surface area contributed by atoms with E-state index >= 15 is 0 Å². The first-order valence-electron chi connectivity index (χ1n) is 3.75. The molecule has 1 unspecified atom stereocenters. The Balaban J connectivity index is 4.43. The number of hydrogen-bond acceptors (Lipinski definition) is 3. The van der Waals surface area contributed by atoms with E-state index in [0.29, 0.717) is 6.61 Å². The van der Waals surface area contributed by atoms with E-state index in [1.807, 2.05) is 0 Å². The molecule has 0 aromatic heterocycles. The summed E-state index contributed by atoms with van der Waals surface area (Å²) in [4.78, 5) is 10.4. The monoisotopic (exact) mass is 174 g/mol. The molecule has 0 aliphatic carbocycles. The molecule has 0 saturated heterocycles. The van der Waals surface area contributed by atoms with Gasteiger partial charge in [-0.05, 0) is 20.8 Å². The van der Waals surface area contributed by atoms with Gasteiger partial charge in [0.05, 0.1) is 5.57 Å². The van der Waals surface area contributed by atoms with E-state index in [1.54, 1.807) is 13.8 Å². The van der Waals surface area contributed by atoms with Crippen molar-refractivity contribution < 1.29 is 19.7 Å². The van der Waals surface area contributed by atoms with E-state index in [2.05, 4.69) is 0 Å². The molecule has 0 aliphatic heterocycles. The molecule has 0 aliphatic rings. The van der Waals surface area contributed by atoms with Gasteiger partial charge in [-0.15, -0.1) is 0 Å². The van der Waals surface area contributed by atoms with Gasteiger partial charge in [-0.2, -0.15) is 0 Å². The van der Waals surface area contributed by atoms with Crippen molar-refractivity contribution in [3.63, 3.8) is 0 Å².